The highest BCUT2D eigenvalue weighted by Gasteiger charge is 2.02. The first-order valence-electron chi connectivity index (χ1n) is 7.12. The van der Waals surface area contributed by atoms with Crippen LogP contribution in [0.15, 0.2) is 46.8 Å². The van der Waals surface area contributed by atoms with Crippen molar-refractivity contribution in [2.24, 2.45) is 4.99 Å². The zero-order valence-corrected chi connectivity index (χ0v) is 16.7. The first-order valence-corrected chi connectivity index (χ1v) is 8.00. The van der Waals surface area contributed by atoms with Crippen LogP contribution in [-0.2, 0) is 17.8 Å². The summed E-state index contributed by atoms with van der Waals surface area (Å²) in [5.74, 6) is 0.746. The van der Waals surface area contributed by atoms with Gasteiger partial charge in [-0.2, -0.15) is 0 Å². The van der Waals surface area contributed by atoms with Crippen LogP contribution in [0.2, 0.25) is 0 Å². The van der Waals surface area contributed by atoms with Gasteiger partial charge in [0.15, 0.2) is 5.96 Å². The molecule has 0 bridgehead atoms. The minimum Gasteiger partial charge on any atom is -0.453 e. The van der Waals surface area contributed by atoms with Gasteiger partial charge >= 0.3 is 6.09 Å². The average Bonchev–Trinajstić information content (AvgIpc) is 3.09. The summed E-state index contributed by atoms with van der Waals surface area (Å²) in [6.45, 7) is 1.39. The van der Waals surface area contributed by atoms with E-state index in [4.69, 9.17) is 0 Å². The number of nitrogens with zero attached hydrogens (tertiary/aromatic N) is 1. The van der Waals surface area contributed by atoms with Crippen molar-refractivity contribution in [3.05, 3.63) is 52.2 Å². The molecule has 0 aliphatic rings. The topological polar surface area (TPSA) is 74.8 Å². The number of ether oxygens (including phenoxy) is 1. The lowest BCUT2D eigenvalue weighted by molar-refractivity contribution is 0.187. The van der Waals surface area contributed by atoms with E-state index < -0.39 is 6.09 Å². The van der Waals surface area contributed by atoms with Crippen LogP contribution in [0, 0.1) is 0 Å². The molecule has 130 valence electrons. The van der Waals surface area contributed by atoms with Gasteiger partial charge in [0.05, 0.1) is 13.7 Å². The maximum Gasteiger partial charge on any atom is 0.411 e. The van der Waals surface area contributed by atoms with Gasteiger partial charge in [0.25, 0.3) is 0 Å². The van der Waals surface area contributed by atoms with E-state index in [0.717, 1.165) is 18.1 Å². The van der Waals surface area contributed by atoms with Crippen LogP contribution in [0.5, 0.6) is 0 Å². The number of benzene rings is 1. The first kappa shape index (κ1) is 20.2. The van der Waals surface area contributed by atoms with E-state index in [1.165, 1.54) is 12.0 Å². The third kappa shape index (κ3) is 6.75. The minimum atomic E-state index is -0.478. The van der Waals surface area contributed by atoms with Gasteiger partial charge in [-0.1, -0.05) is 18.2 Å². The maximum absolute atomic E-state index is 11.1. The summed E-state index contributed by atoms with van der Waals surface area (Å²) in [6, 6.07) is 11.6. The van der Waals surface area contributed by atoms with Gasteiger partial charge in [0.1, 0.15) is 0 Å². The van der Waals surface area contributed by atoms with Crippen molar-refractivity contribution in [3.8, 4) is 0 Å². The standard InChI is InChI=1S/C16H20N4O2S.HI/c1-17-15(19-11-14-4-3-9-23-14)18-10-12-5-7-13(8-6-12)20-16(21)22-2;/h3-9H,10-11H2,1-2H3,(H,20,21)(H2,17,18,19);1H. The van der Waals surface area contributed by atoms with Crippen molar-refractivity contribution in [1.82, 2.24) is 10.6 Å². The van der Waals surface area contributed by atoms with E-state index in [-0.39, 0.29) is 24.0 Å². The summed E-state index contributed by atoms with van der Waals surface area (Å²) in [7, 11) is 3.08. The quantitative estimate of drug-likeness (QED) is 0.363. The zero-order valence-electron chi connectivity index (χ0n) is 13.5. The number of anilines is 1. The summed E-state index contributed by atoms with van der Waals surface area (Å²) in [5.41, 5.74) is 1.78. The number of thiophene rings is 1. The first-order chi connectivity index (χ1) is 11.2. The fraction of sp³-hybridized carbons (Fsp3) is 0.250. The molecule has 2 aromatic rings. The average molecular weight is 460 g/mol. The lowest BCUT2D eigenvalue weighted by Gasteiger charge is -2.11. The highest BCUT2D eigenvalue weighted by atomic mass is 127. The number of nitrogens with one attached hydrogen (secondary N) is 3. The summed E-state index contributed by atoms with van der Waals surface area (Å²) < 4.78 is 4.55. The highest BCUT2D eigenvalue weighted by molar-refractivity contribution is 14.0. The molecule has 0 aliphatic carbocycles. The highest BCUT2D eigenvalue weighted by Crippen LogP contribution is 2.10. The number of methoxy groups -OCH3 is 1. The Balaban J connectivity index is 0.00000288. The Morgan fingerprint density at radius 2 is 1.88 bits per heavy atom. The van der Waals surface area contributed by atoms with Crippen LogP contribution in [0.4, 0.5) is 10.5 Å². The zero-order chi connectivity index (χ0) is 16.5. The van der Waals surface area contributed by atoms with Gasteiger partial charge in [-0.15, -0.1) is 35.3 Å². The van der Waals surface area contributed by atoms with Crippen LogP contribution in [0.1, 0.15) is 10.4 Å². The molecule has 1 aromatic heterocycles. The van der Waals surface area contributed by atoms with E-state index in [1.54, 1.807) is 18.4 Å². The Morgan fingerprint density at radius 3 is 2.46 bits per heavy atom. The molecule has 0 spiro atoms. The molecule has 3 N–H and O–H groups in total. The molecule has 1 heterocycles. The Bertz CT molecular complexity index is 645. The van der Waals surface area contributed by atoms with E-state index in [2.05, 4.69) is 37.1 Å². The smallest absolute Gasteiger partial charge is 0.411 e. The van der Waals surface area contributed by atoms with Crippen LogP contribution in [0.3, 0.4) is 0 Å². The number of aliphatic imine (C=N–C) groups is 1. The summed E-state index contributed by atoms with van der Waals surface area (Å²) in [4.78, 5) is 16.6. The molecular weight excluding hydrogens is 439 g/mol. The molecule has 0 aliphatic heterocycles. The van der Waals surface area contributed by atoms with Crippen molar-refractivity contribution in [1.29, 1.82) is 0 Å². The van der Waals surface area contributed by atoms with Gasteiger partial charge in [0.2, 0.25) is 0 Å². The molecule has 0 saturated carbocycles. The van der Waals surface area contributed by atoms with Gasteiger partial charge < -0.3 is 15.4 Å². The predicted octanol–water partition coefficient (Wildman–Crippen LogP) is 3.41. The Labute approximate surface area is 162 Å². The minimum absolute atomic E-state index is 0. The third-order valence-corrected chi connectivity index (χ3v) is 3.96. The molecule has 2 rings (SSSR count). The number of carbonyl (C=O) groups excluding carboxylic acids is 1. The number of amides is 1. The summed E-state index contributed by atoms with van der Waals surface area (Å²) >= 11 is 1.71. The van der Waals surface area contributed by atoms with Gasteiger partial charge in [0, 0.05) is 24.2 Å². The molecule has 8 heteroatoms. The van der Waals surface area contributed by atoms with Gasteiger partial charge in [-0.3, -0.25) is 10.3 Å². The number of rotatable bonds is 5. The van der Waals surface area contributed by atoms with E-state index in [9.17, 15) is 4.79 Å². The molecule has 1 amide bonds. The van der Waals surface area contributed by atoms with Crippen molar-refractivity contribution in [3.63, 3.8) is 0 Å². The van der Waals surface area contributed by atoms with Crippen molar-refractivity contribution in [2.45, 2.75) is 13.1 Å². The van der Waals surface area contributed by atoms with E-state index in [1.807, 2.05) is 30.3 Å². The number of guanidine groups is 1. The number of halogens is 1. The lowest BCUT2D eigenvalue weighted by Crippen LogP contribution is -2.36. The fourth-order valence-corrected chi connectivity index (χ4v) is 2.51. The van der Waals surface area contributed by atoms with Gasteiger partial charge in [-0.05, 0) is 29.1 Å². The lowest BCUT2D eigenvalue weighted by atomic mass is 10.2. The normalized spacial score (nSPS) is 10.5. The van der Waals surface area contributed by atoms with Crippen molar-refractivity contribution >= 4 is 53.1 Å². The third-order valence-electron chi connectivity index (χ3n) is 3.08. The molecule has 6 nitrogen and oxygen atoms in total. The molecule has 0 unspecified atom stereocenters. The van der Waals surface area contributed by atoms with E-state index in [0.29, 0.717) is 12.2 Å². The van der Waals surface area contributed by atoms with Crippen molar-refractivity contribution < 1.29 is 9.53 Å². The number of hydrogen-bond donors (Lipinski definition) is 3. The van der Waals surface area contributed by atoms with Crippen LogP contribution < -0.4 is 16.0 Å². The monoisotopic (exact) mass is 460 g/mol. The fourth-order valence-electron chi connectivity index (χ4n) is 1.87. The van der Waals surface area contributed by atoms with Crippen LogP contribution in [-0.4, -0.2) is 26.2 Å². The molecular formula is C16H21IN4O2S. The molecule has 0 radical (unpaired) electrons. The second-order valence-corrected chi connectivity index (χ2v) is 5.70. The van der Waals surface area contributed by atoms with Crippen LogP contribution >= 0.6 is 35.3 Å². The Hall–Kier alpha value is -1.81. The Kier molecular flexibility index (Phi) is 9.16. The molecule has 24 heavy (non-hydrogen) atoms. The second-order valence-electron chi connectivity index (χ2n) is 4.67. The van der Waals surface area contributed by atoms with E-state index >= 15 is 0 Å². The number of hydrogen-bond acceptors (Lipinski definition) is 4. The molecule has 0 saturated heterocycles. The van der Waals surface area contributed by atoms with Crippen molar-refractivity contribution in [2.75, 3.05) is 19.5 Å². The second kappa shape index (κ2) is 10.9. The molecule has 1 aromatic carbocycles. The maximum atomic E-state index is 11.1. The Morgan fingerprint density at radius 1 is 1.17 bits per heavy atom. The number of carbonyl (C=O) groups is 1. The SMILES string of the molecule is CN=C(NCc1ccc(NC(=O)OC)cc1)NCc1cccs1.I. The predicted molar refractivity (Wildman–Crippen MR) is 109 cm³/mol. The summed E-state index contributed by atoms with van der Waals surface area (Å²) in [6.07, 6.45) is -0.478. The largest absolute Gasteiger partial charge is 0.453 e. The molecule has 0 atom stereocenters. The van der Waals surface area contributed by atoms with Gasteiger partial charge in [-0.25, -0.2) is 4.79 Å². The molecule has 0 fully saturated rings. The van der Waals surface area contributed by atoms with Crippen LogP contribution in [0.25, 0.3) is 0 Å². The summed E-state index contributed by atoms with van der Waals surface area (Å²) in [5, 5.41) is 11.2.